The second-order valence-electron chi connectivity index (χ2n) is 6.29. The van der Waals surface area contributed by atoms with Crippen molar-refractivity contribution in [1.29, 1.82) is 0 Å². The molecular weight excluding hydrogens is 314 g/mol. The maximum absolute atomic E-state index is 12.5. The molecule has 1 fully saturated rings. The summed E-state index contributed by atoms with van der Waals surface area (Å²) in [6.45, 7) is 2.64. The number of carbonyl (C=O) groups is 2. The molecule has 25 heavy (non-hydrogen) atoms. The Hall–Kier alpha value is -2.66. The van der Waals surface area contributed by atoms with Gasteiger partial charge in [-0.25, -0.2) is 0 Å². The van der Waals surface area contributed by atoms with Gasteiger partial charge >= 0.3 is 0 Å². The number of para-hydroxylation sites is 1. The van der Waals surface area contributed by atoms with Crippen LogP contribution in [0.3, 0.4) is 0 Å². The highest BCUT2D eigenvalue weighted by molar-refractivity contribution is 6.08. The lowest BCUT2D eigenvalue weighted by Gasteiger charge is -2.23. The Labute approximate surface area is 147 Å². The smallest absolute Gasteiger partial charge is 0.255 e. The van der Waals surface area contributed by atoms with Gasteiger partial charge in [0.05, 0.1) is 11.3 Å². The van der Waals surface area contributed by atoms with Crippen LogP contribution in [0.5, 0.6) is 0 Å². The van der Waals surface area contributed by atoms with Gasteiger partial charge in [-0.15, -0.1) is 0 Å². The first-order valence-electron chi connectivity index (χ1n) is 8.68. The van der Waals surface area contributed by atoms with E-state index in [4.69, 9.17) is 0 Å². The normalized spacial score (nSPS) is 16.9. The number of piperidine rings is 1. The van der Waals surface area contributed by atoms with E-state index in [9.17, 15) is 9.59 Å². The predicted octanol–water partition coefficient (Wildman–Crippen LogP) is 2.67. The van der Waals surface area contributed by atoms with Crippen molar-refractivity contribution >= 4 is 17.5 Å². The second-order valence-corrected chi connectivity index (χ2v) is 6.29. The van der Waals surface area contributed by atoms with Crippen molar-refractivity contribution < 1.29 is 9.59 Å². The number of nitrogens with one attached hydrogen (secondary N) is 3. The van der Waals surface area contributed by atoms with E-state index in [0.717, 1.165) is 25.9 Å². The lowest BCUT2D eigenvalue weighted by atomic mass is 9.99. The van der Waals surface area contributed by atoms with E-state index >= 15 is 0 Å². The highest BCUT2D eigenvalue weighted by Crippen LogP contribution is 2.17. The van der Waals surface area contributed by atoms with Crippen LogP contribution >= 0.6 is 0 Å². The minimum Gasteiger partial charge on any atom is -0.352 e. The van der Waals surface area contributed by atoms with E-state index in [1.165, 1.54) is 0 Å². The summed E-state index contributed by atoms with van der Waals surface area (Å²) in [4.78, 5) is 24.9. The van der Waals surface area contributed by atoms with Gasteiger partial charge < -0.3 is 16.0 Å². The fourth-order valence-corrected chi connectivity index (χ4v) is 3.00. The summed E-state index contributed by atoms with van der Waals surface area (Å²) in [5.41, 5.74) is 1.57. The van der Waals surface area contributed by atoms with Gasteiger partial charge in [-0.1, -0.05) is 30.3 Å². The molecule has 1 aliphatic rings. The van der Waals surface area contributed by atoms with E-state index in [-0.39, 0.29) is 11.8 Å². The molecule has 3 rings (SSSR count). The van der Waals surface area contributed by atoms with Gasteiger partial charge in [-0.05, 0) is 56.1 Å². The number of rotatable bonds is 5. The van der Waals surface area contributed by atoms with Crippen LogP contribution in [0.2, 0.25) is 0 Å². The first kappa shape index (κ1) is 17.2. The summed E-state index contributed by atoms with van der Waals surface area (Å²) in [5.74, 6) is 0.0793. The van der Waals surface area contributed by atoms with Crippen LogP contribution in [0.15, 0.2) is 54.6 Å². The number of benzene rings is 2. The van der Waals surface area contributed by atoms with Crippen LogP contribution < -0.4 is 16.0 Å². The molecule has 1 atom stereocenters. The third kappa shape index (κ3) is 4.67. The topological polar surface area (TPSA) is 70.2 Å². The van der Waals surface area contributed by atoms with Crippen LogP contribution in [0, 0.1) is 5.92 Å². The molecule has 0 radical (unpaired) electrons. The molecule has 5 nitrogen and oxygen atoms in total. The second kappa shape index (κ2) is 8.44. The van der Waals surface area contributed by atoms with Crippen LogP contribution in [0.4, 0.5) is 5.69 Å². The van der Waals surface area contributed by atoms with Crippen molar-refractivity contribution in [3.63, 3.8) is 0 Å². The molecule has 0 spiro atoms. The van der Waals surface area contributed by atoms with E-state index in [0.29, 0.717) is 29.3 Å². The fraction of sp³-hybridized carbons (Fsp3) is 0.300. The number of carbonyl (C=O) groups excluding carboxylic acids is 2. The maximum Gasteiger partial charge on any atom is 0.255 e. The highest BCUT2D eigenvalue weighted by atomic mass is 16.2. The summed E-state index contributed by atoms with van der Waals surface area (Å²) < 4.78 is 0. The molecule has 0 bridgehead atoms. The average molecular weight is 337 g/mol. The molecule has 130 valence electrons. The number of amides is 2. The van der Waals surface area contributed by atoms with Gasteiger partial charge in [-0.3, -0.25) is 9.59 Å². The van der Waals surface area contributed by atoms with E-state index in [1.807, 2.05) is 24.3 Å². The molecule has 2 amide bonds. The summed E-state index contributed by atoms with van der Waals surface area (Å²) in [5, 5.41) is 9.17. The standard InChI is InChI=1S/C20H23N3O2/c24-19(16-8-2-1-3-9-16)23-18-11-5-4-10-17(18)20(25)22-14-15-7-6-12-21-13-15/h1-5,8-11,15,21H,6-7,12-14H2,(H,22,25)(H,23,24). The van der Waals surface area contributed by atoms with Gasteiger partial charge in [-0.2, -0.15) is 0 Å². The average Bonchev–Trinajstić information content (AvgIpc) is 2.68. The Morgan fingerprint density at radius 1 is 1.00 bits per heavy atom. The highest BCUT2D eigenvalue weighted by Gasteiger charge is 2.17. The minimum atomic E-state index is -0.225. The van der Waals surface area contributed by atoms with E-state index < -0.39 is 0 Å². The summed E-state index contributed by atoms with van der Waals surface area (Å²) in [6, 6.07) is 16.1. The summed E-state index contributed by atoms with van der Waals surface area (Å²) in [6.07, 6.45) is 2.27. The van der Waals surface area contributed by atoms with Gasteiger partial charge in [0.25, 0.3) is 11.8 Å². The van der Waals surface area contributed by atoms with E-state index in [1.54, 1.807) is 30.3 Å². The Bertz CT molecular complexity index is 725. The van der Waals surface area contributed by atoms with Crippen molar-refractivity contribution in [1.82, 2.24) is 10.6 Å². The largest absolute Gasteiger partial charge is 0.352 e. The van der Waals surface area contributed by atoms with Crippen molar-refractivity contribution in [2.45, 2.75) is 12.8 Å². The third-order valence-corrected chi connectivity index (χ3v) is 4.41. The Balaban J connectivity index is 1.65. The Morgan fingerprint density at radius 3 is 2.52 bits per heavy atom. The molecule has 5 heteroatoms. The zero-order valence-electron chi connectivity index (χ0n) is 14.1. The first-order valence-corrected chi connectivity index (χ1v) is 8.68. The molecule has 1 aliphatic heterocycles. The lowest BCUT2D eigenvalue weighted by Crippen LogP contribution is -2.38. The van der Waals surface area contributed by atoms with Gasteiger partial charge in [0.2, 0.25) is 0 Å². The summed E-state index contributed by atoms with van der Waals surface area (Å²) in [7, 11) is 0. The zero-order chi connectivity index (χ0) is 17.5. The van der Waals surface area contributed by atoms with Gasteiger partial charge in [0, 0.05) is 12.1 Å². The SMILES string of the molecule is O=C(Nc1ccccc1C(=O)NCC1CCCNC1)c1ccccc1. The van der Waals surface area contributed by atoms with Crippen molar-refractivity contribution in [3.05, 3.63) is 65.7 Å². The summed E-state index contributed by atoms with van der Waals surface area (Å²) >= 11 is 0. The van der Waals surface area contributed by atoms with Gasteiger partial charge in [0.15, 0.2) is 0 Å². The number of hydrogen-bond donors (Lipinski definition) is 3. The molecule has 0 aromatic heterocycles. The van der Waals surface area contributed by atoms with Crippen LogP contribution in [0.25, 0.3) is 0 Å². The molecule has 3 N–H and O–H groups in total. The molecule has 0 saturated carbocycles. The van der Waals surface area contributed by atoms with Crippen molar-refractivity contribution in [2.75, 3.05) is 25.0 Å². The van der Waals surface area contributed by atoms with E-state index in [2.05, 4.69) is 16.0 Å². The zero-order valence-corrected chi connectivity index (χ0v) is 14.1. The molecule has 2 aromatic carbocycles. The fourth-order valence-electron chi connectivity index (χ4n) is 3.00. The molecule has 1 heterocycles. The van der Waals surface area contributed by atoms with Crippen LogP contribution in [-0.4, -0.2) is 31.4 Å². The molecule has 0 aliphatic carbocycles. The number of anilines is 1. The number of hydrogen-bond acceptors (Lipinski definition) is 3. The van der Waals surface area contributed by atoms with Crippen LogP contribution in [0.1, 0.15) is 33.6 Å². The molecule has 1 saturated heterocycles. The predicted molar refractivity (Wildman–Crippen MR) is 98.8 cm³/mol. The Morgan fingerprint density at radius 2 is 1.76 bits per heavy atom. The maximum atomic E-state index is 12.5. The third-order valence-electron chi connectivity index (χ3n) is 4.41. The minimum absolute atomic E-state index is 0.158. The van der Waals surface area contributed by atoms with Crippen LogP contribution in [-0.2, 0) is 0 Å². The molecular formula is C20H23N3O2. The van der Waals surface area contributed by atoms with Gasteiger partial charge in [0.1, 0.15) is 0 Å². The first-order chi connectivity index (χ1) is 12.2. The monoisotopic (exact) mass is 337 g/mol. The van der Waals surface area contributed by atoms with Crippen molar-refractivity contribution in [3.8, 4) is 0 Å². The molecule has 1 unspecified atom stereocenters. The van der Waals surface area contributed by atoms with Crippen molar-refractivity contribution in [2.24, 2.45) is 5.92 Å². The molecule has 2 aromatic rings. The Kier molecular flexibility index (Phi) is 5.80. The lowest BCUT2D eigenvalue weighted by molar-refractivity contribution is 0.0945. The quantitative estimate of drug-likeness (QED) is 0.785.